The minimum Gasteiger partial charge on any atom is -0.337 e. The lowest BCUT2D eigenvalue weighted by molar-refractivity contribution is 0.319. The molecule has 0 spiro atoms. The molecule has 1 saturated heterocycles. The number of piperidine rings is 1. The van der Waals surface area contributed by atoms with Crippen LogP contribution in [0.1, 0.15) is 49.1 Å². The van der Waals surface area contributed by atoms with Gasteiger partial charge in [0.1, 0.15) is 0 Å². The van der Waals surface area contributed by atoms with Crippen LogP contribution in [0.3, 0.4) is 0 Å². The first-order valence-electron chi connectivity index (χ1n) is 8.42. The van der Waals surface area contributed by atoms with Crippen molar-refractivity contribution in [3.05, 3.63) is 35.9 Å². The zero-order valence-electron chi connectivity index (χ0n) is 12.9. The molecule has 0 amide bonds. The average Bonchev–Trinajstić information content (AvgIpc) is 3.21. The molecule has 1 saturated carbocycles. The number of hydrogen-bond donors (Lipinski definition) is 1. The Kier molecular flexibility index (Phi) is 2.97. The topological polar surface area (TPSA) is 68.8 Å². The molecule has 0 radical (unpaired) electrons. The van der Waals surface area contributed by atoms with Gasteiger partial charge in [0.25, 0.3) is 5.95 Å². The van der Waals surface area contributed by atoms with Crippen LogP contribution in [-0.4, -0.2) is 33.0 Å². The van der Waals surface area contributed by atoms with E-state index in [9.17, 15) is 0 Å². The largest absolute Gasteiger partial charge is 0.337 e. The summed E-state index contributed by atoms with van der Waals surface area (Å²) >= 11 is 0. The molecule has 1 aliphatic heterocycles. The van der Waals surface area contributed by atoms with Crippen LogP contribution < -0.4 is 5.32 Å². The van der Waals surface area contributed by atoms with Crippen molar-refractivity contribution >= 4 is 10.9 Å². The van der Waals surface area contributed by atoms with Crippen molar-refractivity contribution in [2.75, 3.05) is 13.1 Å². The van der Waals surface area contributed by atoms with Gasteiger partial charge in [-0.1, -0.05) is 18.2 Å². The highest BCUT2D eigenvalue weighted by Gasteiger charge is 2.30. The lowest BCUT2D eigenvalue weighted by Gasteiger charge is -2.18. The Morgan fingerprint density at radius 3 is 2.70 bits per heavy atom. The van der Waals surface area contributed by atoms with Gasteiger partial charge in [-0.3, -0.25) is 0 Å². The molecule has 23 heavy (non-hydrogen) atoms. The molecule has 3 aromatic rings. The Balaban J connectivity index is 1.56. The number of para-hydroxylation sites is 1. The highest BCUT2D eigenvalue weighted by molar-refractivity contribution is 5.83. The van der Waals surface area contributed by atoms with Crippen LogP contribution in [0.25, 0.3) is 16.9 Å². The third kappa shape index (κ3) is 2.25. The monoisotopic (exact) mass is 309 g/mol. The predicted molar refractivity (Wildman–Crippen MR) is 85.7 cm³/mol. The van der Waals surface area contributed by atoms with Crippen LogP contribution >= 0.6 is 0 Å². The van der Waals surface area contributed by atoms with Crippen molar-refractivity contribution < 1.29 is 4.52 Å². The first-order chi connectivity index (χ1) is 11.4. The smallest absolute Gasteiger partial charge is 0.291 e. The van der Waals surface area contributed by atoms with E-state index in [4.69, 9.17) is 9.62 Å². The van der Waals surface area contributed by atoms with E-state index in [-0.39, 0.29) is 0 Å². The Labute approximate surface area is 133 Å². The van der Waals surface area contributed by atoms with E-state index in [1.54, 1.807) is 0 Å². The second-order valence-corrected chi connectivity index (χ2v) is 6.55. The van der Waals surface area contributed by atoms with Gasteiger partial charge in [0, 0.05) is 17.2 Å². The molecule has 5 rings (SSSR count). The number of fused-ring (bicyclic) bond motifs is 1. The molecule has 3 heterocycles. The lowest BCUT2D eigenvalue weighted by atomic mass is 9.98. The maximum atomic E-state index is 5.54. The van der Waals surface area contributed by atoms with Crippen molar-refractivity contribution in [2.24, 2.45) is 0 Å². The van der Waals surface area contributed by atoms with Crippen LogP contribution in [0.15, 0.2) is 28.8 Å². The molecule has 6 heteroatoms. The van der Waals surface area contributed by atoms with Crippen molar-refractivity contribution in [3.63, 3.8) is 0 Å². The van der Waals surface area contributed by atoms with Gasteiger partial charge in [-0.15, -0.1) is 0 Å². The van der Waals surface area contributed by atoms with Crippen LogP contribution in [0.2, 0.25) is 0 Å². The first-order valence-corrected chi connectivity index (χ1v) is 8.42. The van der Waals surface area contributed by atoms with Gasteiger partial charge in [0.2, 0.25) is 5.89 Å². The van der Waals surface area contributed by atoms with Crippen LogP contribution in [0, 0.1) is 0 Å². The molecule has 1 N–H and O–H groups in total. The standard InChI is InChI=1S/C17H19N5O/c1-2-4-14-13(3-1)15(11-5-6-11)20-22(14)17-19-16(23-21-17)12-7-9-18-10-8-12/h1-4,11-12,18H,5-10H2. The molecular weight excluding hydrogens is 290 g/mol. The van der Waals surface area contributed by atoms with Gasteiger partial charge < -0.3 is 9.84 Å². The van der Waals surface area contributed by atoms with Crippen molar-refractivity contribution in [3.8, 4) is 5.95 Å². The molecule has 1 aromatic carbocycles. The lowest BCUT2D eigenvalue weighted by Crippen LogP contribution is -2.26. The summed E-state index contributed by atoms with van der Waals surface area (Å²) in [6.45, 7) is 2.03. The van der Waals surface area contributed by atoms with Crippen molar-refractivity contribution in [1.82, 2.24) is 25.2 Å². The Morgan fingerprint density at radius 2 is 1.87 bits per heavy atom. The maximum absolute atomic E-state index is 5.54. The summed E-state index contributed by atoms with van der Waals surface area (Å²) in [6, 6.07) is 8.32. The van der Waals surface area contributed by atoms with E-state index in [1.807, 2.05) is 10.7 Å². The highest BCUT2D eigenvalue weighted by atomic mass is 16.5. The van der Waals surface area contributed by atoms with E-state index < -0.39 is 0 Å². The van der Waals surface area contributed by atoms with E-state index in [0.717, 1.165) is 37.3 Å². The molecule has 118 valence electrons. The molecule has 2 aromatic heterocycles. The second-order valence-electron chi connectivity index (χ2n) is 6.55. The van der Waals surface area contributed by atoms with Gasteiger partial charge in [-0.2, -0.15) is 14.8 Å². The molecule has 0 bridgehead atoms. The normalized spacial score (nSPS) is 19.5. The summed E-state index contributed by atoms with van der Waals surface area (Å²) in [5.74, 6) is 2.26. The van der Waals surface area contributed by atoms with Gasteiger partial charge >= 0.3 is 0 Å². The molecule has 2 fully saturated rings. The zero-order chi connectivity index (χ0) is 15.2. The summed E-state index contributed by atoms with van der Waals surface area (Å²) < 4.78 is 7.39. The fourth-order valence-electron chi connectivity index (χ4n) is 3.45. The summed E-state index contributed by atoms with van der Waals surface area (Å²) in [5, 5.41) is 13.6. The minimum atomic E-state index is 0.363. The Bertz CT molecular complexity index is 842. The van der Waals surface area contributed by atoms with E-state index in [1.165, 1.54) is 23.9 Å². The van der Waals surface area contributed by atoms with E-state index >= 15 is 0 Å². The average molecular weight is 309 g/mol. The van der Waals surface area contributed by atoms with Gasteiger partial charge in [-0.25, -0.2) is 0 Å². The van der Waals surface area contributed by atoms with Gasteiger partial charge in [0.15, 0.2) is 0 Å². The summed E-state index contributed by atoms with van der Waals surface area (Å²) in [6.07, 6.45) is 4.56. The van der Waals surface area contributed by atoms with Crippen LogP contribution in [0.5, 0.6) is 0 Å². The first kappa shape index (κ1) is 13.2. The number of benzene rings is 1. The van der Waals surface area contributed by atoms with E-state index in [2.05, 4.69) is 33.7 Å². The number of hydrogen-bond acceptors (Lipinski definition) is 5. The summed E-state index contributed by atoms with van der Waals surface area (Å²) in [7, 11) is 0. The predicted octanol–water partition coefficient (Wildman–Crippen LogP) is 2.75. The molecule has 1 aliphatic carbocycles. The third-order valence-corrected chi connectivity index (χ3v) is 4.89. The summed E-state index contributed by atoms with van der Waals surface area (Å²) in [4.78, 5) is 4.64. The van der Waals surface area contributed by atoms with E-state index in [0.29, 0.717) is 17.8 Å². The van der Waals surface area contributed by atoms with Crippen molar-refractivity contribution in [2.45, 2.75) is 37.5 Å². The third-order valence-electron chi connectivity index (χ3n) is 4.89. The molecule has 0 atom stereocenters. The van der Waals surface area contributed by atoms with Gasteiger partial charge in [0.05, 0.1) is 11.2 Å². The fraction of sp³-hybridized carbons (Fsp3) is 0.471. The van der Waals surface area contributed by atoms with Gasteiger partial charge in [-0.05, 0) is 50.0 Å². The fourth-order valence-corrected chi connectivity index (χ4v) is 3.45. The number of rotatable bonds is 3. The SMILES string of the molecule is c1ccc2c(c1)c(C1CC1)nn2-c1noc(C2CCNCC2)n1. The zero-order valence-corrected chi connectivity index (χ0v) is 12.9. The molecular formula is C17H19N5O. The minimum absolute atomic E-state index is 0.363. The Hall–Kier alpha value is -2.21. The molecule has 6 nitrogen and oxygen atoms in total. The summed E-state index contributed by atoms with van der Waals surface area (Å²) in [5.41, 5.74) is 2.24. The highest BCUT2D eigenvalue weighted by Crippen LogP contribution is 2.42. The number of nitrogens with zero attached hydrogens (tertiary/aromatic N) is 4. The second kappa shape index (κ2) is 5.16. The number of aromatic nitrogens is 4. The maximum Gasteiger partial charge on any atom is 0.291 e. The van der Waals surface area contributed by atoms with Crippen LogP contribution in [0.4, 0.5) is 0 Å². The molecule has 2 aliphatic rings. The molecule has 0 unspecified atom stereocenters. The number of nitrogens with one attached hydrogen (secondary N) is 1. The quantitative estimate of drug-likeness (QED) is 0.805. The van der Waals surface area contributed by atoms with Crippen LogP contribution in [-0.2, 0) is 0 Å². The Morgan fingerprint density at radius 1 is 1.04 bits per heavy atom. The van der Waals surface area contributed by atoms with Crippen molar-refractivity contribution in [1.29, 1.82) is 0 Å².